The van der Waals surface area contributed by atoms with Crippen molar-refractivity contribution < 1.29 is 13.0 Å². The van der Waals surface area contributed by atoms with Crippen LogP contribution in [0, 0.1) is 5.92 Å². The molecule has 0 bridgehead atoms. The lowest BCUT2D eigenvalue weighted by molar-refractivity contribution is 0.325. The summed E-state index contributed by atoms with van der Waals surface area (Å²) < 4.78 is 32.2. The average molecular weight is 235 g/mol. The fourth-order valence-corrected chi connectivity index (χ4v) is 2.97. The third kappa shape index (κ3) is 4.49. The first-order chi connectivity index (χ1) is 7.04. The molecule has 0 spiro atoms. The van der Waals surface area contributed by atoms with Gasteiger partial charge in [0.15, 0.2) is 0 Å². The number of hydrogen-bond acceptors (Lipinski definition) is 2. The van der Waals surface area contributed by atoms with Crippen LogP contribution in [0.5, 0.6) is 0 Å². The SMILES string of the molecule is CCCN(CCC1CCCC1)S(=O)(=O)O. The average Bonchev–Trinajstić information content (AvgIpc) is 2.62. The molecule has 0 atom stereocenters. The fourth-order valence-electron chi connectivity index (χ4n) is 2.22. The van der Waals surface area contributed by atoms with Crippen molar-refractivity contribution in [2.24, 2.45) is 5.92 Å². The molecule has 0 aromatic carbocycles. The summed E-state index contributed by atoms with van der Waals surface area (Å²) in [5, 5.41) is 0. The highest BCUT2D eigenvalue weighted by atomic mass is 32.2. The molecule has 0 aromatic rings. The maximum Gasteiger partial charge on any atom is 0.335 e. The van der Waals surface area contributed by atoms with E-state index in [0.717, 1.165) is 12.8 Å². The van der Waals surface area contributed by atoms with Crippen LogP contribution in [-0.2, 0) is 10.3 Å². The molecule has 1 fully saturated rings. The van der Waals surface area contributed by atoms with Gasteiger partial charge in [-0.3, -0.25) is 4.55 Å². The Balaban J connectivity index is 2.37. The molecule has 4 nitrogen and oxygen atoms in total. The van der Waals surface area contributed by atoms with Gasteiger partial charge >= 0.3 is 10.3 Å². The molecule has 0 saturated heterocycles. The zero-order chi connectivity index (χ0) is 11.3. The maximum atomic E-state index is 11.0. The van der Waals surface area contributed by atoms with Gasteiger partial charge in [0.05, 0.1) is 0 Å². The zero-order valence-electron chi connectivity index (χ0n) is 9.35. The van der Waals surface area contributed by atoms with E-state index >= 15 is 0 Å². The highest BCUT2D eigenvalue weighted by molar-refractivity contribution is 7.83. The molecular weight excluding hydrogens is 214 g/mol. The molecule has 1 aliphatic rings. The molecule has 1 saturated carbocycles. The number of nitrogens with zero attached hydrogens (tertiary/aromatic N) is 1. The van der Waals surface area contributed by atoms with Crippen LogP contribution in [0.3, 0.4) is 0 Å². The van der Waals surface area contributed by atoms with E-state index in [0.29, 0.717) is 19.0 Å². The number of rotatable bonds is 6. The Bertz CT molecular complexity index is 270. The zero-order valence-corrected chi connectivity index (χ0v) is 10.2. The van der Waals surface area contributed by atoms with Gasteiger partial charge < -0.3 is 0 Å². The molecule has 0 radical (unpaired) electrons. The van der Waals surface area contributed by atoms with Gasteiger partial charge in [-0.1, -0.05) is 32.6 Å². The Labute approximate surface area is 92.5 Å². The van der Waals surface area contributed by atoms with Crippen LogP contribution < -0.4 is 0 Å². The van der Waals surface area contributed by atoms with Gasteiger partial charge in [-0.05, 0) is 18.8 Å². The summed E-state index contributed by atoms with van der Waals surface area (Å²) in [7, 11) is -3.99. The highest BCUT2D eigenvalue weighted by Crippen LogP contribution is 2.27. The normalized spacial score (nSPS) is 18.9. The minimum atomic E-state index is -3.99. The Morgan fingerprint density at radius 2 is 1.87 bits per heavy atom. The summed E-state index contributed by atoms with van der Waals surface area (Å²) in [6.07, 6.45) is 6.59. The van der Waals surface area contributed by atoms with Crippen LogP contribution in [0.1, 0.15) is 45.4 Å². The van der Waals surface area contributed by atoms with Crippen LogP contribution in [-0.4, -0.2) is 30.4 Å². The smallest absolute Gasteiger partial charge is 0.273 e. The number of hydrogen-bond donors (Lipinski definition) is 1. The Hall–Kier alpha value is -0.130. The largest absolute Gasteiger partial charge is 0.335 e. The van der Waals surface area contributed by atoms with Gasteiger partial charge in [0.1, 0.15) is 0 Å². The lowest BCUT2D eigenvalue weighted by Gasteiger charge is -2.19. The first-order valence-corrected chi connectivity index (χ1v) is 7.16. The van der Waals surface area contributed by atoms with Gasteiger partial charge in [-0.15, -0.1) is 0 Å². The predicted octanol–water partition coefficient (Wildman–Crippen LogP) is 2.08. The molecule has 0 aromatic heterocycles. The van der Waals surface area contributed by atoms with E-state index in [4.69, 9.17) is 4.55 Å². The van der Waals surface area contributed by atoms with Crippen molar-refractivity contribution in [1.82, 2.24) is 4.31 Å². The minimum Gasteiger partial charge on any atom is -0.273 e. The second-order valence-electron chi connectivity index (χ2n) is 4.32. The van der Waals surface area contributed by atoms with Crippen molar-refractivity contribution in [3.8, 4) is 0 Å². The Kier molecular flexibility index (Phi) is 5.02. The molecule has 0 aliphatic heterocycles. The first-order valence-electron chi connectivity index (χ1n) is 5.76. The third-order valence-corrected chi connectivity index (χ3v) is 4.08. The molecule has 15 heavy (non-hydrogen) atoms. The van der Waals surface area contributed by atoms with E-state index in [2.05, 4.69) is 0 Å². The molecule has 0 amide bonds. The van der Waals surface area contributed by atoms with Crippen LogP contribution in [0.2, 0.25) is 0 Å². The highest BCUT2D eigenvalue weighted by Gasteiger charge is 2.21. The second-order valence-corrected chi connectivity index (χ2v) is 5.73. The lowest BCUT2D eigenvalue weighted by Crippen LogP contribution is -2.32. The lowest BCUT2D eigenvalue weighted by atomic mass is 10.0. The van der Waals surface area contributed by atoms with Crippen LogP contribution >= 0.6 is 0 Å². The fraction of sp³-hybridized carbons (Fsp3) is 1.00. The quantitative estimate of drug-likeness (QED) is 0.717. The molecule has 0 unspecified atom stereocenters. The predicted molar refractivity (Wildman–Crippen MR) is 60.0 cm³/mol. The van der Waals surface area contributed by atoms with Crippen molar-refractivity contribution >= 4 is 10.3 Å². The molecule has 0 heterocycles. The molecular formula is C10H21NO3S. The van der Waals surface area contributed by atoms with Gasteiger partial charge in [0.2, 0.25) is 0 Å². The van der Waals surface area contributed by atoms with Crippen molar-refractivity contribution in [3.63, 3.8) is 0 Å². The van der Waals surface area contributed by atoms with E-state index in [9.17, 15) is 8.42 Å². The van der Waals surface area contributed by atoms with Crippen molar-refractivity contribution in [1.29, 1.82) is 0 Å². The van der Waals surface area contributed by atoms with Gasteiger partial charge in [-0.2, -0.15) is 12.7 Å². The van der Waals surface area contributed by atoms with E-state index in [-0.39, 0.29) is 0 Å². The Morgan fingerprint density at radius 3 is 2.33 bits per heavy atom. The van der Waals surface area contributed by atoms with Crippen molar-refractivity contribution in [3.05, 3.63) is 0 Å². The van der Waals surface area contributed by atoms with Gasteiger partial charge in [0.25, 0.3) is 0 Å². The molecule has 1 N–H and O–H groups in total. The van der Waals surface area contributed by atoms with Gasteiger partial charge in [-0.25, -0.2) is 0 Å². The van der Waals surface area contributed by atoms with Crippen LogP contribution in [0.25, 0.3) is 0 Å². The second kappa shape index (κ2) is 5.82. The van der Waals surface area contributed by atoms with E-state index in [1.165, 1.54) is 30.0 Å². The molecule has 1 aliphatic carbocycles. The standard InChI is InChI=1S/C10H21NO3S/c1-2-8-11(15(12,13)14)9-7-10-5-3-4-6-10/h10H,2-9H2,1H3,(H,12,13,14). The summed E-state index contributed by atoms with van der Waals surface area (Å²) in [5.41, 5.74) is 0. The summed E-state index contributed by atoms with van der Waals surface area (Å²) >= 11 is 0. The van der Waals surface area contributed by atoms with E-state index in [1.807, 2.05) is 6.92 Å². The third-order valence-electron chi connectivity index (χ3n) is 3.06. The van der Waals surface area contributed by atoms with Crippen LogP contribution in [0.15, 0.2) is 0 Å². The molecule has 5 heteroatoms. The molecule has 90 valence electrons. The van der Waals surface area contributed by atoms with Crippen molar-refractivity contribution in [2.45, 2.75) is 45.4 Å². The van der Waals surface area contributed by atoms with Crippen molar-refractivity contribution in [2.75, 3.05) is 13.1 Å². The molecule has 1 rings (SSSR count). The maximum absolute atomic E-state index is 11.0. The van der Waals surface area contributed by atoms with E-state index < -0.39 is 10.3 Å². The first kappa shape index (κ1) is 12.9. The Morgan fingerprint density at radius 1 is 1.27 bits per heavy atom. The summed E-state index contributed by atoms with van der Waals surface area (Å²) in [6, 6.07) is 0. The van der Waals surface area contributed by atoms with Gasteiger partial charge in [0, 0.05) is 13.1 Å². The monoisotopic (exact) mass is 235 g/mol. The topological polar surface area (TPSA) is 57.6 Å². The van der Waals surface area contributed by atoms with E-state index in [1.54, 1.807) is 0 Å². The summed E-state index contributed by atoms with van der Waals surface area (Å²) in [6.45, 7) is 2.80. The summed E-state index contributed by atoms with van der Waals surface area (Å²) in [4.78, 5) is 0. The summed E-state index contributed by atoms with van der Waals surface area (Å²) in [5.74, 6) is 0.658. The minimum absolute atomic E-state index is 0.422. The van der Waals surface area contributed by atoms with Crippen LogP contribution in [0.4, 0.5) is 0 Å².